The summed E-state index contributed by atoms with van der Waals surface area (Å²) in [7, 11) is -3.48. The molecule has 0 heterocycles. The molecule has 6 nitrogen and oxygen atoms in total. The van der Waals surface area contributed by atoms with Crippen molar-refractivity contribution >= 4 is 21.7 Å². The van der Waals surface area contributed by atoms with E-state index in [1.165, 1.54) is 35.2 Å². The number of sulfone groups is 1. The molecule has 0 spiro atoms. The average Bonchev–Trinajstić information content (AvgIpc) is 2.63. The van der Waals surface area contributed by atoms with Crippen molar-refractivity contribution in [2.24, 2.45) is 0 Å². The molecule has 0 aliphatic rings. The first-order valence-corrected chi connectivity index (χ1v) is 10.5. The number of halogens is 1. The quantitative estimate of drug-likeness (QED) is 0.660. The number of rotatable bonds is 7. The van der Waals surface area contributed by atoms with Crippen molar-refractivity contribution in [1.82, 2.24) is 4.90 Å². The second-order valence-electron chi connectivity index (χ2n) is 6.36. The molecule has 0 aliphatic carbocycles. The van der Waals surface area contributed by atoms with E-state index in [1.807, 2.05) is 0 Å². The molecule has 28 heavy (non-hydrogen) atoms. The Bertz CT molecular complexity index is 988. The Morgan fingerprint density at radius 2 is 1.86 bits per heavy atom. The fourth-order valence-electron chi connectivity index (χ4n) is 2.58. The van der Waals surface area contributed by atoms with Gasteiger partial charge in [0.05, 0.1) is 10.5 Å². The molecule has 0 saturated heterocycles. The van der Waals surface area contributed by atoms with Gasteiger partial charge in [0.1, 0.15) is 5.82 Å². The van der Waals surface area contributed by atoms with Crippen LogP contribution in [0.25, 0.3) is 0 Å². The predicted octanol–water partition coefficient (Wildman–Crippen LogP) is 2.74. The summed E-state index contributed by atoms with van der Waals surface area (Å²) >= 11 is 0. The van der Waals surface area contributed by atoms with Crippen molar-refractivity contribution in [1.29, 1.82) is 0 Å². The van der Waals surface area contributed by atoms with Crippen molar-refractivity contribution in [2.75, 3.05) is 19.4 Å². The van der Waals surface area contributed by atoms with Gasteiger partial charge in [0.25, 0.3) is 5.91 Å². The number of nitrogens with zero attached hydrogens (tertiary/aromatic N) is 1. The third-order valence-corrected chi connectivity index (χ3v) is 5.29. The maximum atomic E-state index is 13.3. The van der Waals surface area contributed by atoms with Gasteiger partial charge < -0.3 is 9.64 Å². The fourth-order valence-corrected chi connectivity index (χ4v) is 3.23. The smallest absolute Gasteiger partial charge is 0.338 e. The Hall–Kier alpha value is -2.74. The molecule has 0 N–H and O–H groups in total. The Labute approximate surface area is 163 Å². The highest BCUT2D eigenvalue weighted by atomic mass is 32.2. The molecule has 8 heteroatoms. The normalized spacial score (nSPS) is 11.1. The van der Waals surface area contributed by atoms with Gasteiger partial charge in [-0.15, -0.1) is 0 Å². The lowest BCUT2D eigenvalue weighted by Crippen LogP contribution is -2.34. The van der Waals surface area contributed by atoms with Gasteiger partial charge in [-0.1, -0.05) is 18.2 Å². The molecule has 0 bridgehead atoms. The Morgan fingerprint density at radius 1 is 1.14 bits per heavy atom. The molecule has 0 aliphatic heterocycles. The minimum Gasteiger partial charge on any atom is -0.452 e. The summed E-state index contributed by atoms with van der Waals surface area (Å²) in [5, 5.41) is 0. The van der Waals surface area contributed by atoms with Crippen LogP contribution in [-0.2, 0) is 25.9 Å². The third-order valence-electron chi connectivity index (χ3n) is 4.18. The average molecular weight is 407 g/mol. The van der Waals surface area contributed by atoms with Crippen molar-refractivity contribution in [3.05, 3.63) is 65.0 Å². The summed E-state index contributed by atoms with van der Waals surface area (Å²) in [5.41, 5.74) is 1.25. The number of likely N-dealkylation sites (N-methyl/N-ethyl adjacent to an activating group) is 1. The standard InChI is InChI=1S/C20H22FNO5S/c1-4-22(12-15-6-5-7-16(21)10-15)19(23)13-27-20(24)18-11-17(28(3,25)26)9-8-14(18)2/h5-11H,4,12-13H2,1-3H3. The SMILES string of the molecule is CCN(Cc1cccc(F)c1)C(=O)COC(=O)c1cc(S(C)(=O)=O)ccc1C. The van der Waals surface area contributed by atoms with Crippen molar-refractivity contribution in [3.63, 3.8) is 0 Å². The summed E-state index contributed by atoms with van der Waals surface area (Å²) < 4.78 is 41.7. The van der Waals surface area contributed by atoms with Gasteiger partial charge in [0.2, 0.25) is 0 Å². The largest absolute Gasteiger partial charge is 0.452 e. The zero-order valence-corrected chi connectivity index (χ0v) is 16.8. The van der Waals surface area contributed by atoms with E-state index < -0.39 is 34.1 Å². The second-order valence-corrected chi connectivity index (χ2v) is 8.38. The van der Waals surface area contributed by atoms with Crippen LogP contribution in [0.1, 0.15) is 28.4 Å². The molecule has 0 aromatic heterocycles. The van der Waals surface area contributed by atoms with Gasteiger partial charge in [-0.2, -0.15) is 0 Å². The third kappa shape index (κ3) is 5.63. The lowest BCUT2D eigenvalue weighted by Gasteiger charge is -2.21. The maximum Gasteiger partial charge on any atom is 0.338 e. The number of benzene rings is 2. The van der Waals surface area contributed by atoms with Crippen molar-refractivity contribution in [3.8, 4) is 0 Å². The molecule has 2 rings (SSSR count). The molecule has 1 amide bonds. The highest BCUT2D eigenvalue weighted by molar-refractivity contribution is 7.90. The summed E-state index contributed by atoms with van der Waals surface area (Å²) in [6.07, 6.45) is 1.04. The van der Waals surface area contributed by atoms with E-state index in [4.69, 9.17) is 4.74 Å². The van der Waals surface area contributed by atoms with Gasteiger partial charge in [-0.3, -0.25) is 4.79 Å². The van der Waals surface area contributed by atoms with E-state index in [-0.39, 0.29) is 17.0 Å². The molecular formula is C20H22FNO5S. The van der Waals surface area contributed by atoms with Crippen LogP contribution in [0, 0.1) is 12.7 Å². The minimum atomic E-state index is -3.48. The predicted molar refractivity (Wildman–Crippen MR) is 102 cm³/mol. The van der Waals surface area contributed by atoms with E-state index in [0.29, 0.717) is 17.7 Å². The van der Waals surface area contributed by atoms with Gasteiger partial charge in [-0.05, 0) is 49.2 Å². The molecule has 0 saturated carbocycles. The Morgan fingerprint density at radius 3 is 2.46 bits per heavy atom. The highest BCUT2D eigenvalue weighted by Gasteiger charge is 2.19. The van der Waals surface area contributed by atoms with Crippen molar-refractivity contribution in [2.45, 2.75) is 25.3 Å². The molecule has 0 fully saturated rings. The fraction of sp³-hybridized carbons (Fsp3) is 0.300. The summed E-state index contributed by atoms with van der Waals surface area (Å²) in [6.45, 7) is 3.46. The molecule has 150 valence electrons. The molecule has 2 aromatic rings. The van der Waals surface area contributed by atoms with Crippen LogP contribution in [0.4, 0.5) is 4.39 Å². The maximum absolute atomic E-state index is 13.3. The molecule has 0 radical (unpaired) electrons. The first-order chi connectivity index (χ1) is 13.1. The highest BCUT2D eigenvalue weighted by Crippen LogP contribution is 2.17. The first-order valence-electron chi connectivity index (χ1n) is 8.62. The summed E-state index contributed by atoms with van der Waals surface area (Å²) in [4.78, 5) is 26.1. The van der Waals surface area contributed by atoms with E-state index in [9.17, 15) is 22.4 Å². The lowest BCUT2D eigenvalue weighted by atomic mass is 10.1. The van der Waals surface area contributed by atoms with Crippen molar-refractivity contribution < 1.29 is 27.1 Å². The van der Waals surface area contributed by atoms with Crippen LogP contribution in [0.5, 0.6) is 0 Å². The van der Waals surface area contributed by atoms with Crippen LogP contribution in [0.3, 0.4) is 0 Å². The number of aryl methyl sites for hydroxylation is 1. The summed E-state index contributed by atoms with van der Waals surface area (Å²) in [5.74, 6) is -1.61. The molecule has 0 atom stereocenters. The molecular weight excluding hydrogens is 385 g/mol. The van der Waals surface area contributed by atoms with Crippen LogP contribution in [0.15, 0.2) is 47.4 Å². The number of hydrogen-bond donors (Lipinski definition) is 0. The zero-order valence-electron chi connectivity index (χ0n) is 15.9. The van der Waals surface area contributed by atoms with E-state index in [1.54, 1.807) is 26.0 Å². The van der Waals surface area contributed by atoms with Crippen LogP contribution < -0.4 is 0 Å². The second kappa shape index (κ2) is 8.97. The Kier molecular flexibility index (Phi) is 6.90. The van der Waals surface area contributed by atoms with E-state index in [0.717, 1.165) is 6.26 Å². The first kappa shape index (κ1) is 21.6. The number of carbonyl (C=O) groups is 2. The van der Waals surface area contributed by atoms with Gasteiger partial charge in [-0.25, -0.2) is 17.6 Å². The van der Waals surface area contributed by atoms with Crippen LogP contribution >= 0.6 is 0 Å². The molecule has 0 unspecified atom stereocenters. The topological polar surface area (TPSA) is 80.8 Å². The van der Waals surface area contributed by atoms with Gasteiger partial charge in [0.15, 0.2) is 16.4 Å². The number of carbonyl (C=O) groups excluding carboxylic acids is 2. The summed E-state index contributed by atoms with van der Waals surface area (Å²) in [6, 6.07) is 10.1. The van der Waals surface area contributed by atoms with E-state index >= 15 is 0 Å². The van der Waals surface area contributed by atoms with E-state index in [2.05, 4.69) is 0 Å². The number of esters is 1. The lowest BCUT2D eigenvalue weighted by molar-refractivity contribution is -0.134. The Balaban J connectivity index is 2.06. The monoisotopic (exact) mass is 407 g/mol. The van der Waals surface area contributed by atoms with Gasteiger partial charge >= 0.3 is 5.97 Å². The minimum absolute atomic E-state index is 0.00216. The van der Waals surface area contributed by atoms with Gasteiger partial charge in [0, 0.05) is 19.3 Å². The number of ether oxygens (including phenoxy) is 1. The molecule has 2 aromatic carbocycles. The van der Waals surface area contributed by atoms with Crippen LogP contribution in [0.2, 0.25) is 0 Å². The zero-order chi connectivity index (χ0) is 20.9. The number of amides is 1. The van der Waals surface area contributed by atoms with Crippen LogP contribution in [-0.4, -0.2) is 44.6 Å². The number of hydrogen-bond acceptors (Lipinski definition) is 5.